The Morgan fingerprint density at radius 1 is 0.867 bits per heavy atom. The highest BCUT2D eigenvalue weighted by atomic mass is 19.2. The molecule has 0 fully saturated rings. The molecule has 5 heteroatoms. The van der Waals surface area contributed by atoms with E-state index in [1.54, 1.807) is 31.4 Å². The summed E-state index contributed by atoms with van der Waals surface area (Å²) in [6.07, 6.45) is 4.40. The maximum atomic E-state index is 13.8. The molecular formula is C25H18F2N2O. The van der Waals surface area contributed by atoms with E-state index in [1.807, 2.05) is 36.7 Å². The summed E-state index contributed by atoms with van der Waals surface area (Å²) in [5, 5.41) is 0.861. The van der Waals surface area contributed by atoms with Crippen molar-refractivity contribution in [3.05, 3.63) is 95.3 Å². The molecule has 0 atom stereocenters. The van der Waals surface area contributed by atoms with Gasteiger partial charge in [-0.2, -0.15) is 0 Å². The van der Waals surface area contributed by atoms with E-state index in [-0.39, 0.29) is 5.39 Å². The molecule has 0 saturated carbocycles. The molecule has 0 unspecified atom stereocenters. The van der Waals surface area contributed by atoms with Crippen molar-refractivity contribution >= 4 is 10.8 Å². The Hall–Kier alpha value is -3.62. The molecule has 0 amide bonds. The Bertz CT molecular complexity index is 1240. The molecule has 0 saturated heterocycles. The molecular weight excluding hydrogens is 382 g/mol. The van der Waals surface area contributed by atoms with Gasteiger partial charge in [-0.3, -0.25) is 0 Å². The number of rotatable bonds is 4. The molecule has 0 N–H and O–H groups in total. The molecule has 0 aliphatic carbocycles. The molecule has 148 valence electrons. The van der Waals surface area contributed by atoms with E-state index >= 15 is 0 Å². The minimum absolute atomic E-state index is 0.248. The zero-order valence-corrected chi connectivity index (χ0v) is 16.3. The molecule has 30 heavy (non-hydrogen) atoms. The number of ether oxygens (including phenoxy) is 1. The van der Waals surface area contributed by atoms with E-state index in [1.165, 1.54) is 0 Å². The molecule has 4 aromatic rings. The van der Waals surface area contributed by atoms with Crippen LogP contribution in [0.3, 0.4) is 0 Å². The predicted octanol–water partition coefficient (Wildman–Crippen LogP) is 5.16. The summed E-state index contributed by atoms with van der Waals surface area (Å²) in [5.74, 6) is 5.12. The number of halogens is 2. The van der Waals surface area contributed by atoms with Gasteiger partial charge in [-0.15, -0.1) is 0 Å². The molecule has 1 heterocycles. The lowest BCUT2D eigenvalue weighted by atomic mass is 10.1. The van der Waals surface area contributed by atoms with Crippen LogP contribution in [0.2, 0.25) is 0 Å². The first kappa shape index (κ1) is 19.7. The smallest absolute Gasteiger partial charge is 0.166 e. The Balaban J connectivity index is 1.51. The minimum Gasteiger partial charge on any atom is -0.384 e. The normalized spacial score (nSPS) is 10.6. The highest BCUT2D eigenvalue weighted by molar-refractivity contribution is 5.84. The maximum Gasteiger partial charge on any atom is 0.166 e. The zero-order chi connectivity index (χ0) is 20.9. The first-order valence-electron chi connectivity index (χ1n) is 9.44. The lowest BCUT2D eigenvalue weighted by molar-refractivity contribution is 0.202. The number of fused-ring (bicyclic) bond motifs is 1. The SMILES string of the molecule is COCCc1cnc(-c2ccc(C#Cc3ccc4c(F)c(F)ccc4c3)cc2)nc1. The second-order valence-electron chi connectivity index (χ2n) is 6.78. The minimum atomic E-state index is -0.852. The first-order valence-corrected chi connectivity index (χ1v) is 9.44. The van der Waals surface area contributed by atoms with Crippen LogP contribution in [0.15, 0.2) is 67.0 Å². The maximum absolute atomic E-state index is 13.8. The zero-order valence-electron chi connectivity index (χ0n) is 16.3. The van der Waals surface area contributed by atoms with Crippen LogP contribution in [0.4, 0.5) is 8.78 Å². The van der Waals surface area contributed by atoms with Crippen LogP contribution in [-0.2, 0) is 11.2 Å². The summed E-state index contributed by atoms with van der Waals surface area (Å²) >= 11 is 0. The van der Waals surface area contributed by atoms with Gasteiger partial charge in [0.1, 0.15) is 0 Å². The summed E-state index contributed by atoms with van der Waals surface area (Å²) in [4.78, 5) is 8.81. The van der Waals surface area contributed by atoms with Crippen molar-refractivity contribution in [2.75, 3.05) is 13.7 Å². The molecule has 1 aromatic heterocycles. The van der Waals surface area contributed by atoms with Crippen LogP contribution in [0, 0.1) is 23.5 Å². The van der Waals surface area contributed by atoms with Crippen LogP contribution in [0.5, 0.6) is 0 Å². The lowest BCUT2D eigenvalue weighted by Gasteiger charge is -2.03. The van der Waals surface area contributed by atoms with Gasteiger partial charge in [0.05, 0.1) is 6.61 Å². The van der Waals surface area contributed by atoms with Crippen LogP contribution >= 0.6 is 0 Å². The van der Waals surface area contributed by atoms with Crippen molar-refractivity contribution in [1.29, 1.82) is 0 Å². The highest BCUT2D eigenvalue weighted by Gasteiger charge is 2.06. The highest BCUT2D eigenvalue weighted by Crippen LogP contribution is 2.21. The summed E-state index contributed by atoms with van der Waals surface area (Å²) < 4.78 is 32.2. The van der Waals surface area contributed by atoms with Gasteiger partial charge in [-0.1, -0.05) is 24.0 Å². The van der Waals surface area contributed by atoms with E-state index in [4.69, 9.17) is 4.74 Å². The fourth-order valence-electron chi connectivity index (χ4n) is 3.04. The van der Waals surface area contributed by atoms with Crippen LogP contribution in [-0.4, -0.2) is 23.7 Å². The molecule has 3 aromatic carbocycles. The van der Waals surface area contributed by atoms with Gasteiger partial charge in [0, 0.05) is 41.6 Å². The number of aromatic nitrogens is 2. The lowest BCUT2D eigenvalue weighted by Crippen LogP contribution is -1.97. The number of benzene rings is 3. The average molecular weight is 400 g/mol. The summed E-state index contributed by atoms with van der Waals surface area (Å²) in [6.45, 7) is 0.638. The average Bonchev–Trinajstić information content (AvgIpc) is 2.79. The third kappa shape index (κ3) is 4.35. The van der Waals surface area contributed by atoms with Crippen molar-refractivity contribution in [2.24, 2.45) is 0 Å². The van der Waals surface area contributed by atoms with Crippen molar-refractivity contribution in [2.45, 2.75) is 6.42 Å². The molecule has 0 bridgehead atoms. The number of hydrogen-bond acceptors (Lipinski definition) is 3. The van der Waals surface area contributed by atoms with E-state index in [0.717, 1.165) is 34.7 Å². The van der Waals surface area contributed by atoms with Gasteiger partial charge >= 0.3 is 0 Å². The number of methoxy groups -OCH3 is 1. The first-order chi connectivity index (χ1) is 14.6. The molecule has 0 aliphatic rings. The fourth-order valence-corrected chi connectivity index (χ4v) is 3.04. The number of hydrogen-bond donors (Lipinski definition) is 0. The second kappa shape index (κ2) is 8.81. The van der Waals surface area contributed by atoms with Gasteiger partial charge in [-0.05, 0) is 59.8 Å². The van der Waals surface area contributed by atoms with Crippen molar-refractivity contribution in [3.8, 4) is 23.2 Å². The molecule has 0 spiro atoms. The Kier molecular flexibility index (Phi) is 5.78. The van der Waals surface area contributed by atoms with Gasteiger partial charge < -0.3 is 4.74 Å². The summed E-state index contributed by atoms with van der Waals surface area (Å²) in [6, 6.07) is 15.3. The molecule has 0 aliphatic heterocycles. The Morgan fingerprint density at radius 3 is 2.30 bits per heavy atom. The van der Waals surface area contributed by atoms with Crippen molar-refractivity contribution in [1.82, 2.24) is 9.97 Å². The quantitative estimate of drug-likeness (QED) is 0.444. The third-order valence-corrected chi connectivity index (χ3v) is 4.70. The molecule has 0 radical (unpaired) electrons. The van der Waals surface area contributed by atoms with Crippen LogP contribution in [0.25, 0.3) is 22.2 Å². The van der Waals surface area contributed by atoms with Crippen LogP contribution in [0.1, 0.15) is 16.7 Å². The summed E-state index contributed by atoms with van der Waals surface area (Å²) in [5.41, 5.74) is 3.50. The van der Waals surface area contributed by atoms with Gasteiger partial charge in [-0.25, -0.2) is 18.7 Å². The van der Waals surface area contributed by atoms with E-state index in [9.17, 15) is 8.78 Å². The third-order valence-electron chi connectivity index (χ3n) is 4.70. The monoisotopic (exact) mass is 400 g/mol. The molecule has 4 rings (SSSR count). The summed E-state index contributed by atoms with van der Waals surface area (Å²) in [7, 11) is 1.67. The topological polar surface area (TPSA) is 35.0 Å². The van der Waals surface area contributed by atoms with Crippen molar-refractivity contribution < 1.29 is 13.5 Å². The van der Waals surface area contributed by atoms with Crippen molar-refractivity contribution in [3.63, 3.8) is 0 Å². The van der Waals surface area contributed by atoms with E-state index in [2.05, 4.69) is 21.8 Å². The Labute approximate surface area is 173 Å². The molecule has 3 nitrogen and oxygen atoms in total. The van der Waals surface area contributed by atoms with Gasteiger partial charge in [0.25, 0.3) is 0 Å². The second-order valence-corrected chi connectivity index (χ2v) is 6.78. The standard InChI is InChI=1S/C25H18F2N2O/c1-30-13-12-19-15-28-25(29-16-19)20-7-4-17(5-8-20)2-3-18-6-10-22-21(14-18)9-11-23(26)24(22)27/h4-11,14-16H,12-13H2,1H3. The predicted molar refractivity (Wildman–Crippen MR) is 113 cm³/mol. The van der Waals surface area contributed by atoms with E-state index in [0.29, 0.717) is 17.8 Å². The Morgan fingerprint density at radius 2 is 1.57 bits per heavy atom. The van der Waals surface area contributed by atoms with Gasteiger partial charge in [0.2, 0.25) is 0 Å². The fraction of sp³-hybridized carbons (Fsp3) is 0.120. The number of nitrogens with zero attached hydrogens (tertiary/aromatic N) is 2. The van der Waals surface area contributed by atoms with Gasteiger partial charge in [0.15, 0.2) is 17.5 Å². The van der Waals surface area contributed by atoms with E-state index < -0.39 is 11.6 Å². The van der Waals surface area contributed by atoms with Crippen LogP contribution < -0.4 is 0 Å². The largest absolute Gasteiger partial charge is 0.384 e.